The van der Waals surface area contributed by atoms with Gasteiger partial charge in [-0.3, -0.25) is 4.79 Å². The molecule has 1 aromatic carbocycles. The van der Waals surface area contributed by atoms with E-state index in [0.29, 0.717) is 46.0 Å². The molecule has 222 valence electrons. The first-order valence-electron chi connectivity index (χ1n) is 13.2. The Labute approximate surface area is 252 Å². The topological polar surface area (TPSA) is 143 Å². The number of benzene rings is 1. The van der Waals surface area contributed by atoms with Gasteiger partial charge in [0, 0.05) is 79.4 Å². The molecule has 0 spiro atoms. The van der Waals surface area contributed by atoms with Crippen molar-refractivity contribution in [1.82, 2.24) is 14.8 Å². The standard InChI is InChI=1S/C29H33ClFN7O3S/c1-37-11-13-38(14-12-37)10-8-27(39)36-26-16-20(7-9-34-26)35-25(17-24(32)22-15-19(30)5-6-23(22)31)29(33)42-18-21-3-2-4-28(40)41-21/h2-7,9,15-17H,8,10-14,18,32-33H2,1H3,(H2,34,35,36,39)/b24-17-,29-25-. The van der Waals surface area contributed by atoms with E-state index in [9.17, 15) is 14.0 Å². The highest BCUT2D eigenvalue weighted by molar-refractivity contribution is 8.02. The number of thioether (sulfide) groups is 1. The van der Waals surface area contributed by atoms with Gasteiger partial charge in [-0.2, -0.15) is 0 Å². The van der Waals surface area contributed by atoms with E-state index in [2.05, 4.69) is 32.5 Å². The number of anilines is 2. The van der Waals surface area contributed by atoms with Gasteiger partial charge >= 0.3 is 5.63 Å². The summed E-state index contributed by atoms with van der Waals surface area (Å²) in [6.45, 7) is 4.50. The average Bonchev–Trinajstić information content (AvgIpc) is 2.96. The Bertz CT molecular complexity index is 1520. The fourth-order valence-electron chi connectivity index (χ4n) is 4.12. The van der Waals surface area contributed by atoms with Crippen molar-refractivity contribution in [2.75, 3.05) is 50.4 Å². The largest absolute Gasteiger partial charge is 0.427 e. The molecule has 3 aromatic rings. The van der Waals surface area contributed by atoms with Crippen molar-refractivity contribution in [3.63, 3.8) is 0 Å². The normalized spacial score (nSPS) is 15.3. The summed E-state index contributed by atoms with van der Waals surface area (Å²) in [5, 5.41) is 6.64. The van der Waals surface area contributed by atoms with E-state index in [4.69, 9.17) is 27.5 Å². The minimum Gasteiger partial charge on any atom is -0.427 e. The number of piperazine rings is 1. The summed E-state index contributed by atoms with van der Waals surface area (Å²) < 4.78 is 19.7. The first-order chi connectivity index (χ1) is 20.2. The Morgan fingerprint density at radius 2 is 1.93 bits per heavy atom. The van der Waals surface area contributed by atoms with Crippen molar-refractivity contribution < 1.29 is 13.6 Å². The van der Waals surface area contributed by atoms with Crippen LogP contribution >= 0.6 is 23.4 Å². The maximum absolute atomic E-state index is 14.5. The van der Waals surface area contributed by atoms with Crippen molar-refractivity contribution in [3.8, 4) is 0 Å². The fourth-order valence-corrected chi connectivity index (χ4v) is 5.02. The zero-order valence-corrected chi connectivity index (χ0v) is 24.7. The Kier molecular flexibility index (Phi) is 11.0. The summed E-state index contributed by atoms with van der Waals surface area (Å²) >= 11 is 7.26. The molecule has 1 aliphatic rings. The van der Waals surface area contributed by atoms with Crippen LogP contribution in [0.4, 0.5) is 15.9 Å². The molecule has 1 aliphatic heterocycles. The smallest absolute Gasteiger partial charge is 0.335 e. The van der Waals surface area contributed by atoms with Crippen molar-refractivity contribution in [2.24, 2.45) is 11.5 Å². The number of nitrogens with two attached hydrogens (primary N) is 2. The molecule has 1 amide bonds. The molecule has 0 bridgehead atoms. The van der Waals surface area contributed by atoms with Crippen LogP contribution in [0.15, 0.2) is 80.7 Å². The van der Waals surface area contributed by atoms with Gasteiger partial charge < -0.3 is 36.3 Å². The molecule has 0 saturated carbocycles. The van der Waals surface area contributed by atoms with Gasteiger partial charge in [0.1, 0.15) is 17.4 Å². The van der Waals surface area contributed by atoms with E-state index in [1.54, 1.807) is 30.5 Å². The minimum atomic E-state index is -0.546. The number of carbonyl (C=O) groups excluding carboxylic acids is 1. The highest BCUT2D eigenvalue weighted by Crippen LogP contribution is 2.26. The Morgan fingerprint density at radius 3 is 2.69 bits per heavy atom. The van der Waals surface area contributed by atoms with Gasteiger partial charge in [0.05, 0.1) is 16.5 Å². The van der Waals surface area contributed by atoms with Gasteiger partial charge in [0.15, 0.2) is 0 Å². The number of amides is 1. The van der Waals surface area contributed by atoms with E-state index < -0.39 is 11.4 Å². The van der Waals surface area contributed by atoms with Crippen LogP contribution in [-0.4, -0.2) is 60.5 Å². The van der Waals surface area contributed by atoms with Gasteiger partial charge in [-0.25, -0.2) is 14.2 Å². The van der Waals surface area contributed by atoms with Crippen molar-refractivity contribution in [1.29, 1.82) is 0 Å². The van der Waals surface area contributed by atoms with Crippen LogP contribution in [0.1, 0.15) is 17.7 Å². The van der Waals surface area contributed by atoms with E-state index >= 15 is 0 Å². The molecular formula is C29H33ClFN7O3S. The van der Waals surface area contributed by atoms with Crippen LogP contribution in [0.5, 0.6) is 0 Å². The summed E-state index contributed by atoms with van der Waals surface area (Å²) in [7, 11) is 2.09. The molecule has 6 N–H and O–H groups in total. The van der Waals surface area contributed by atoms with E-state index in [0.717, 1.165) is 26.2 Å². The second-order valence-corrected chi connectivity index (χ2v) is 11.2. The number of hydrogen-bond donors (Lipinski definition) is 4. The predicted octanol–water partition coefficient (Wildman–Crippen LogP) is 3.88. The zero-order valence-electron chi connectivity index (χ0n) is 23.1. The molecule has 2 aromatic heterocycles. The van der Waals surface area contributed by atoms with Crippen LogP contribution in [0.25, 0.3) is 5.70 Å². The number of pyridine rings is 1. The number of nitrogens with one attached hydrogen (secondary N) is 2. The lowest BCUT2D eigenvalue weighted by Gasteiger charge is -2.32. The number of nitrogens with zero attached hydrogens (tertiary/aromatic N) is 3. The van der Waals surface area contributed by atoms with Crippen LogP contribution in [0.2, 0.25) is 5.02 Å². The Hall–Kier alpha value is -3.84. The second-order valence-electron chi connectivity index (χ2n) is 9.70. The maximum Gasteiger partial charge on any atom is 0.335 e. The zero-order chi connectivity index (χ0) is 30.1. The first kappa shape index (κ1) is 31.1. The summed E-state index contributed by atoms with van der Waals surface area (Å²) in [6, 6.07) is 12.0. The second kappa shape index (κ2) is 14.9. The number of likely N-dealkylation sites (N-methyl/N-ethyl adjacent to an activating group) is 1. The van der Waals surface area contributed by atoms with Crippen LogP contribution in [-0.2, 0) is 10.5 Å². The lowest BCUT2D eigenvalue weighted by atomic mass is 10.1. The lowest BCUT2D eigenvalue weighted by Crippen LogP contribution is -2.45. The predicted molar refractivity (Wildman–Crippen MR) is 166 cm³/mol. The summed E-state index contributed by atoms with van der Waals surface area (Å²) in [6.07, 6.45) is 3.38. The summed E-state index contributed by atoms with van der Waals surface area (Å²) in [5.74, 6) is 0.359. The maximum atomic E-state index is 14.5. The third-order valence-corrected chi connectivity index (χ3v) is 7.67. The van der Waals surface area contributed by atoms with Crippen molar-refractivity contribution in [2.45, 2.75) is 12.2 Å². The number of allylic oxidation sites excluding steroid dienone is 1. The monoisotopic (exact) mass is 613 g/mol. The molecule has 0 atom stereocenters. The van der Waals surface area contributed by atoms with E-state index in [1.165, 1.54) is 42.1 Å². The fraction of sp³-hybridized carbons (Fsp3) is 0.276. The van der Waals surface area contributed by atoms with Crippen LogP contribution in [0, 0.1) is 5.82 Å². The molecule has 1 fully saturated rings. The van der Waals surface area contributed by atoms with E-state index in [1.807, 2.05) is 0 Å². The number of halogens is 2. The summed E-state index contributed by atoms with van der Waals surface area (Å²) in [5.41, 5.74) is 13.3. The minimum absolute atomic E-state index is 0.0822. The molecule has 13 heteroatoms. The number of aromatic nitrogens is 1. The van der Waals surface area contributed by atoms with Crippen molar-refractivity contribution in [3.05, 3.63) is 104 Å². The summed E-state index contributed by atoms with van der Waals surface area (Å²) in [4.78, 5) is 33.0. The molecule has 3 heterocycles. The third-order valence-electron chi connectivity index (χ3n) is 6.48. The van der Waals surface area contributed by atoms with Gasteiger partial charge in [0.2, 0.25) is 5.91 Å². The number of rotatable bonds is 11. The number of carbonyl (C=O) groups is 1. The SMILES string of the molecule is CN1CCN(CCC(=O)Nc2cc(NC(/C=C(\N)c3cc(Cl)ccc3F)=C(/N)SCc3cccc(=O)o3)ccn2)CC1. The van der Waals surface area contributed by atoms with Crippen LogP contribution in [0.3, 0.4) is 0 Å². The highest BCUT2D eigenvalue weighted by Gasteiger charge is 2.15. The first-order valence-corrected chi connectivity index (χ1v) is 14.6. The van der Waals surface area contributed by atoms with Gasteiger partial charge in [-0.1, -0.05) is 29.4 Å². The molecular weight excluding hydrogens is 581 g/mol. The van der Waals surface area contributed by atoms with Gasteiger partial charge in [0.25, 0.3) is 0 Å². The van der Waals surface area contributed by atoms with E-state index in [-0.39, 0.29) is 22.9 Å². The molecule has 0 unspecified atom stereocenters. The highest BCUT2D eigenvalue weighted by atomic mass is 35.5. The lowest BCUT2D eigenvalue weighted by molar-refractivity contribution is -0.116. The van der Waals surface area contributed by atoms with Crippen LogP contribution < -0.4 is 27.7 Å². The molecule has 1 saturated heterocycles. The molecule has 0 aliphatic carbocycles. The molecule has 42 heavy (non-hydrogen) atoms. The average molecular weight is 614 g/mol. The number of hydrogen-bond acceptors (Lipinski definition) is 10. The molecule has 10 nitrogen and oxygen atoms in total. The molecule has 4 rings (SSSR count). The van der Waals surface area contributed by atoms with Crippen molar-refractivity contribution >= 4 is 46.5 Å². The Balaban J connectivity index is 1.51. The van der Waals surface area contributed by atoms with Gasteiger partial charge in [-0.15, -0.1) is 0 Å². The Morgan fingerprint density at radius 1 is 1.14 bits per heavy atom. The molecule has 0 radical (unpaired) electrons. The third kappa shape index (κ3) is 9.35. The quantitative estimate of drug-likeness (QED) is 0.235. The van der Waals surface area contributed by atoms with Gasteiger partial charge in [-0.05, 0) is 43.5 Å².